The Hall–Kier alpha value is -1.86. The highest BCUT2D eigenvalue weighted by Gasteiger charge is 2.24. The number of carbonyl (C=O) groups is 2. The van der Waals surface area contributed by atoms with Gasteiger partial charge in [0.2, 0.25) is 0 Å². The third-order valence-corrected chi connectivity index (χ3v) is 4.36. The molecule has 0 bridgehead atoms. The molecule has 20 heavy (non-hydrogen) atoms. The van der Waals surface area contributed by atoms with Crippen molar-refractivity contribution in [2.45, 2.75) is 12.6 Å². The minimum Gasteiger partial charge on any atom is -0.479 e. The van der Waals surface area contributed by atoms with Gasteiger partial charge in [-0.1, -0.05) is 6.07 Å². The second-order valence-electron chi connectivity index (χ2n) is 4.22. The van der Waals surface area contributed by atoms with Crippen LogP contribution in [0.4, 0.5) is 4.79 Å². The van der Waals surface area contributed by atoms with Crippen molar-refractivity contribution in [3.63, 3.8) is 0 Å². The molecule has 106 valence electrons. The van der Waals surface area contributed by atoms with E-state index in [0.717, 1.165) is 5.56 Å². The third-order valence-electron chi connectivity index (χ3n) is 2.69. The summed E-state index contributed by atoms with van der Waals surface area (Å²) in [6, 6.07) is 3.98. The standard InChI is InChI=1S/C13H14N2O3S2/c1-15(7-9-4-6-19-8-9)13(18)14-11(12(16)17)10-3-2-5-20-10/h2-6,8,11H,7H2,1H3,(H,14,18)(H,16,17). The summed E-state index contributed by atoms with van der Waals surface area (Å²) in [6.07, 6.45) is 0. The lowest BCUT2D eigenvalue weighted by atomic mass is 10.2. The van der Waals surface area contributed by atoms with Crippen molar-refractivity contribution in [3.05, 3.63) is 44.8 Å². The molecule has 2 amide bonds. The van der Waals surface area contributed by atoms with Crippen LogP contribution >= 0.6 is 22.7 Å². The first-order valence-corrected chi connectivity index (χ1v) is 7.69. The minimum absolute atomic E-state index is 0.406. The van der Waals surface area contributed by atoms with Crippen molar-refractivity contribution >= 4 is 34.7 Å². The molecular formula is C13H14N2O3S2. The van der Waals surface area contributed by atoms with Gasteiger partial charge in [-0.3, -0.25) is 0 Å². The zero-order chi connectivity index (χ0) is 14.5. The maximum atomic E-state index is 12.0. The number of carbonyl (C=O) groups excluding carboxylic acids is 1. The number of carboxylic acid groups (broad SMARTS) is 1. The van der Waals surface area contributed by atoms with Crippen LogP contribution in [0.1, 0.15) is 16.5 Å². The number of hydrogen-bond donors (Lipinski definition) is 2. The van der Waals surface area contributed by atoms with Gasteiger partial charge in [-0.25, -0.2) is 9.59 Å². The molecule has 5 nitrogen and oxygen atoms in total. The van der Waals surface area contributed by atoms with E-state index < -0.39 is 18.0 Å². The SMILES string of the molecule is CN(Cc1ccsc1)C(=O)NC(C(=O)O)c1cccs1. The molecule has 0 aliphatic heterocycles. The lowest BCUT2D eigenvalue weighted by molar-refractivity contribution is -0.139. The summed E-state index contributed by atoms with van der Waals surface area (Å²) in [5.41, 5.74) is 1.02. The van der Waals surface area contributed by atoms with Crippen molar-refractivity contribution in [2.24, 2.45) is 0 Å². The van der Waals surface area contributed by atoms with Crippen molar-refractivity contribution in [3.8, 4) is 0 Å². The van der Waals surface area contributed by atoms with Gasteiger partial charge in [0.15, 0.2) is 6.04 Å². The molecule has 1 atom stereocenters. The van der Waals surface area contributed by atoms with Crippen LogP contribution in [0.25, 0.3) is 0 Å². The highest BCUT2D eigenvalue weighted by molar-refractivity contribution is 7.10. The molecule has 0 saturated carbocycles. The Morgan fingerprint density at radius 1 is 1.40 bits per heavy atom. The van der Waals surface area contributed by atoms with Crippen LogP contribution in [0.5, 0.6) is 0 Å². The second-order valence-corrected chi connectivity index (χ2v) is 5.98. The molecule has 0 fully saturated rings. The highest BCUT2D eigenvalue weighted by atomic mass is 32.1. The van der Waals surface area contributed by atoms with Crippen LogP contribution in [0.15, 0.2) is 34.3 Å². The number of amides is 2. The summed E-state index contributed by atoms with van der Waals surface area (Å²) in [4.78, 5) is 25.4. The van der Waals surface area contributed by atoms with E-state index in [4.69, 9.17) is 0 Å². The van der Waals surface area contributed by atoms with E-state index in [1.54, 1.807) is 35.9 Å². The van der Waals surface area contributed by atoms with Gasteiger partial charge in [0.05, 0.1) is 0 Å². The average molecular weight is 310 g/mol. The van der Waals surface area contributed by atoms with Crippen LogP contribution < -0.4 is 5.32 Å². The van der Waals surface area contributed by atoms with Crippen LogP contribution in [-0.4, -0.2) is 29.1 Å². The Morgan fingerprint density at radius 3 is 2.75 bits per heavy atom. The summed E-state index contributed by atoms with van der Waals surface area (Å²) >= 11 is 2.87. The summed E-state index contributed by atoms with van der Waals surface area (Å²) in [7, 11) is 1.64. The summed E-state index contributed by atoms with van der Waals surface area (Å²) < 4.78 is 0. The van der Waals surface area contributed by atoms with Crippen molar-refractivity contribution in [2.75, 3.05) is 7.05 Å². The lowest BCUT2D eigenvalue weighted by Crippen LogP contribution is -2.41. The van der Waals surface area contributed by atoms with Gasteiger partial charge in [0.25, 0.3) is 0 Å². The van der Waals surface area contributed by atoms with Gasteiger partial charge >= 0.3 is 12.0 Å². The number of nitrogens with one attached hydrogen (secondary N) is 1. The number of thiophene rings is 2. The van der Waals surface area contributed by atoms with Gasteiger partial charge in [-0.15, -0.1) is 11.3 Å². The van der Waals surface area contributed by atoms with Gasteiger partial charge < -0.3 is 15.3 Å². The Balaban J connectivity index is 1.99. The fourth-order valence-electron chi connectivity index (χ4n) is 1.67. The largest absolute Gasteiger partial charge is 0.479 e. The first-order chi connectivity index (χ1) is 9.58. The second kappa shape index (κ2) is 6.53. The van der Waals surface area contributed by atoms with Gasteiger partial charge in [-0.2, -0.15) is 11.3 Å². The molecule has 0 aromatic carbocycles. The zero-order valence-corrected chi connectivity index (χ0v) is 12.4. The zero-order valence-electron chi connectivity index (χ0n) is 10.8. The molecule has 0 spiro atoms. The van der Waals surface area contributed by atoms with Crippen LogP contribution in [0.2, 0.25) is 0 Å². The molecule has 0 aliphatic rings. The fraction of sp³-hybridized carbons (Fsp3) is 0.231. The van der Waals surface area contributed by atoms with Crippen LogP contribution in [-0.2, 0) is 11.3 Å². The molecule has 1 unspecified atom stereocenters. The number of rotatable bonds is 5. The molecule has 0 radical (unpaired) electrons. The molecule has 7 heteroatoms. The van der Waals surface area contributed by atoms with Crippen LogP contribution in [0.3, 0.4) is 0 Å². The maximum Gasteiger partial charge on any atom is 0.331 e. The van der Waals surface area contributed by atoms with Gasteiger partial charge in [0.1, 0.15) is 0 Å². The third kappa shape index (κ3) is 3.58. The summed E-state index contributed by atoms with van der Waals surface area (Å²) in [5, 5.41) is 17.4. The van der Waals surface area contributed by atoms with Gasteiger partial charge in [-0.05, 0) is 33.8 Å². The first kappa shape index (κ1) is 14.5. The Labute approximate surface area is 124 Å². The number of nitrogens with zero attached hydrogens (tertiary/aromatic N) is 1. The Bertz CT molecular complexity index is 566. The summed E-state index contributed by atoms with van der Waals surface area (Å²) in [5.74, 6) is -1.07. The maximum absolute atomic E-state index is 12.0. The fourth-order valence-corrected chi connectivity index (χ4v) is 3.10. The Kier molecular flexibility index (Phi) is 4.75. The molecule has 2 heterocycles. The number of aliphatic carboxylic acids is 1. The van der Waals surface area contributed by atoms with Crippen molar-refractivity contribution in [1.29, 1.82) is 0 Å². The topological polar surface area (TPSA) is 69.6 Å². The molecule has 2 N–H and O–H groups in total. The number of urea groups is 1. The van der Waals surface area contributed by atoms with Crippen molar-refractivity contribution in [1.82, 2.24) is 10.2 Å². The molecule has 0 saturated heterocycles. The Morgan fingerprint density at radius 2 is 2.20 bits per heavy atom. The minimum atomic E-state index is -1.07. The molecule has 2 aromatic rings. The highest BCUT2D eigenvalue weighted by Crippen LogP contribution is 2.19. The van der Waals surface area contributed by atoms with E-state index in [1.807, 2.05) is 16.8 Å². The van der Waals surface area contributed by atoms with Gasteiger partial charge in [0, 0.05) is 18.5 Å². The van der Waals surface area contributed by atoms with Crippen molar-refractivity contribution < 1.29 is 14.7 Å². The molecule has 2 rings (SSSR count). The monoisotopic (exact) mass is 310 g/mol. The lowest BCUT2D eigenvalue weighted by Gasteiger charge is -2.20. The van der Waals surface area contributed by atoms with E-state index in [0.29, 0.717) is 11.4 Å². The summed E-state index contributed by atoms with van der Waals surface area (Å²) in [6.45, 7) is 0.451. The smallest absolute Gasteiger partial charge is 0.331 e. The quantitative estimate of drug-likeness (QED) is 0.892. The predicted octanol–water partition coefficient (Wildman–Crippen LogP) is 2.78. The first-order valence-electron chi connectivity index (χ1n) is 5.87. The number of carboxylic acids is 1. The van der Waals surface area contributed by atoms with E-state index in [-0.39, 0.29) is 0 Å². The van der Waals surface area contributed by atoms with E-state index in [1.165, 1.54) is 16.2 Å². The molecule has 2 aromatic heterocycles. The van der Waals surface area contributed by atoms with Crippen LogP contribution in [0, 0.1) is 0 Å². The van der Waals surface area contributed by atoms with E-state index in [2.05, 4.69) is 5.32 Å². The van der Waals surface area contributed by atoms with E-state index in [9.17, 15) is 14.7 Å². The normalized spacial score (nSPS) is 11.8. The predicted molar refractivity (Wildman–Crippen MR) is 79.0 cm³/mol. The van der Waals surface area contributed by atoms with E-state index >= 15 is 0 Å². The average Bonchev–Trinajstić information content (AvgIpc) is 3.07. The number of hydrogen-bond acceptors (Lipinski definition) is 4. The molecular weight excluding hydrogens is 296 g/mol. The molecule has 0 aliphatic carbocycles.